The molecule has 1 saturated heterocycles. The Morgan fingerprint density at radius 3 is 1.96 bits per heavy atom. The van der Waals surface area contributed by atoms with Crippen LogP contribution in [0.5, 0.6) is 0 Å². The molecule has 27 heavy (non-hydrogen) atoms. The largest absolute Gasteiger partial charge is 0.307 e. The number of hydrogen-bond donors (Lipinski definition) is 1. The molecule has 0 spiro atoms. The van der Waals surface area contributed by atoms with Crippen LogP contribution in [0.25, 0.3) is 0 Å². The van der Waals surface area contributed by atoms with Crippen molar-refractivity contribution in [1.82, 2.24) is 5.32 Å². The molecule has 0 atom stereocenters. The van der Waals surface area contributed by atoms with Gasteiger partial charge in [-0.1, -0.05) is 42.2 Å². The third-order valence-electron chi connectivity index (χ3n) is 5.08. The topological polar surface area (TPSA) is 29.1 Å². The fraction of sp³-hybridized carbons (Fsp3) is 0.400. The molecule has 0 bridgehead atoms. The molecule has 0 radical (unpaired) electrons. The highest BCUT2D eigenvalue weighted by molar-refractivity contribution is 5.96. The van der Waals surface area contributed by atoms with E-state index in [2.05, 4.69) is 44.9 Å². The number of hydrogen-bond acceptors (Lipinski definition) is 2. The van der Waals surface area contributed by atoms with Crippen LogP contribution in [0, 0.1) is 17.8 Å². The van der Waals surface area contributed by atoms with E-state index in [0.717, 1.165) is 29.5 Å². The highest BCUT2D eigenvalue weighted by atomic mass is 16.1. The van der Waals surface area contributed by atoms with Gasteiger partial charge in [0.1, 0.15) is 0 Å². The van der Waals surface area contributed by atoms with Crippen molar-refractivity contribution in [1.29, 1.82) is 0 Å². The monoisotopic (exact) mass is 359 g/mol. The Bertz CT molecular complexity index is 835. The number of carbonyl (C=O) groups excluding carboxylic acids is 1. The Morgan fingerprint density at radius 1 is 0.889 bits per heavy atom. The van der Waals surface area contributed by atoms with Crippen molar-refractivity contribution in [2.24, 2.45) is 5.92 Å². The summed E-state index contributed by atoms with van der Waals surface area (Å²) >= 11 is 0. The van der Waals surface area contributed by atoms with Crippen LogP contribution in [0.4, 0.5) is 0 Å². The molecule has 0 aliphatic carbocycles. The van der Waals surface area contributed by atoms with Crippen LogP contribution < -0.4 is 5.32 Å². The Balaban J connectivity index is 1.65. The van der Waals surface area contributed by atoms with Crippen molar-refractivity contribution in [3.8, 4) is 11.8 Å². The summed E-state index contributed by atoms with van der Waals surface area (Å²) in [7, 11) is 0. The van der Waals surface area contributed by atoms with Gasteiger partial charge in [0.25, 0.3) is 0 Å². The SMILES string of the molecule is CC1(C)CC(CC(=O)c2ccc(C#Cc3ccccc3)cc2)CC(C)(C)N1. The van der Waals surface area contributed by atoms with Crippen molar-refractivity contribution in [2.75, 3.05) is 0 Å². The van der Waals surface area contributed by atoms with Gasteiger partial charge < -0.3 is 5.32 Å². The fourth-order valence-corrected chi connectivity index (χ4v) is 4.46. The maximum absolute atomic E-state index is 12.8. The zero-order chi connectivity index (χ0) is 19.5. The van der Waals surface area contributed by atoms with Crippen molar-refractivity contribution >= 4 is 5.78 Å². The van der Waals surface area contributed by atoms with E-state index in [-0.39, 0.29) is 16.9 Å². The number of benzene rings is 2. The zero-order valence-corrected chi connectivity index (χ0v) is 16.8. The summed E-state index contributed by atoms with van der Waals surface area (Å²) in [6.45, 7) is 8.91. The lowest BCUT2D eigenvalue weighted by atomic mass is 9.74. The summed E-state index contributed by atoms with van der Waals surface area (Å²) < 4.78 is 0. The van der Waals surface area contributed by atoms with Gasteiger partial charge >= 0.3 is 0 Å². The normalized spacial score (nSPS) is 18.4. The molecule has 1 N–H and O–H groups in total. The lowest BCUT2D eigenvalue weighted by Gasteiger charge is -2.46. The molecule has 0 unspecified atom stereocenters. The van der Waals surface area contributed by atoms with Crippen LogP contribution in [-0.2, 0) is 0 Å². The highest BCUT2D eigenvalue weighted by Crippen LogP contribution is 2.35. The highest BCUT2D eigenvalue weighted by Gasteiger charge is 2.38. The Hall–Kier alpha value is -2.37. The van der Waals surface area contributed by atoms with Crippen molar-refractivity contribution in [3.05, 3.63) is 71.3 Å². The molecule has 2 nitrogen and oxygen atoms in total. The predicted octanol–water partition coefficient (Wildman–Crippen LogP) is 5.22. The minimum absolute atomic E-state index is 0.0730. The van der Waals surface area contributed by atoms with Crippen LogP contribution in [0.1, 0.15) is 68.4 Å². The lowest BCUT2D eigenvalue weighted by Crippen LogP contribution is -2.57. The van der Waals surface area contributed by atoms with E-state index in [1.54, 1.807) is 0 Å². The van der Waals surface area contributed by atoms with E-state index in [0.29, 0.717) is 12.3 Å². The minimum atomic E-state index is 0.0730. The molecule has 2 aromatic rings. The first-order valence-electron chi connectivity index (χ1n) is 9.72. The first kappa shape index (κ1) is 19.4. The number of nitrogens with one attached hydrogen (secondary N) is 1. The number of rotatable bonds is 3. The second-order valence-corrected chi connectivity index (χ2v) is 8.99. The van der Waals surface area contributed by atoms with E-state index >= 15 is 0 Å². The average Bonchev–Trinajstić information content (AvgIpc) is 2.58. The molecule has 1 aliphatic rings. The number of carbonyl (C=O) groups is 1. The van der Waals surface area contributed by atoms with Crippen LogP contribution in [0.2, 0.25) is 0 Å². The van der Waals surface area contributed by atoms with E-state index < -0.39 is 0 Å². The van der Waals surface area contributed by atoms with Gasteiger partial charge in [0.2, 0.25) is 0 Å². The quantitative estimate of drug-likeness (QED) is 0.601. The molecule has 1 heterocycles. The van der Waals surface area contributed by atoms with Gasteiger partial charge in [-0.05, 0) is 70.7 Å². The second kappa shape index (κ2) is 7.71. The summed E-state index contributed by atoms with van der Waals surface area (Å²) in [5.41, 5.74) is 2.86. The summed E-state index contributed by atoms with van der Waals surface area (Å²) in [5.74, 6) is 6.96. The molecule has 3 rings (SSSR count). The maximum atomic E-state index is 12.8. The van der Waals surface area contributed by atoms with Crippen molar-refractivity contribution < 1.29 is 4.79 Å². The van der Waals surface area contributed by atoms with Crippen LogP contribution in [0.3, 0.4) is 0 Å². The second-order valence-electron chi connectivity index (χ2n) is 8.99. The molecule has 1 fully saturated rings. The van der Waals surface area contributed by atoms with Crippen LogP contribution in [0.15, 0.2) is 54.6 Å². The first-order chi connectivity index (χ1) is 12.7. The molecule has 1 aliphatic heterocycles. The van der Waals surface area contributed by atoms with Gasteiger partial charge in [-0.3, -0.25) is 4.79 Å². The summed E-state index contributed by atoms with van der Waals surface area (Å²) in [6.07, 6.45) is 2.68. The van der Waals surface area contributed by atoms with Gasteiger partial charge in [0, 0.05) is 34.2 Å². The number of ketones is 1. The molecular weight excluding hydrogens is 330 g/mol. The molecule has 0 aromatic heterocycles. The summed E-state index contributed by atoms with van der Waals surface area (Å²) in [5, 5.41) is 3.68. The first-order valence-corrected chi connectivity index (χ1v) is 9.72. The summed E-state index contributed by atoms with van der Waals surface area (Å²) in [6, 6.07) is 17.6. The van der Waals surface area contributed by atoms with Gasteiger partial charge in [-0.25, -0.2) is 0 Å². The van der Waals surface area contributed by atoms with E-state index in [1.807, 2.05) is 54.6 Å². The average molecular weight is 360 g/mol. The van der Waals surface area contributed by atoms with Gasteiger partial charge in [-0.2, -0.15) is 0 Å². The maximum Gasteiger partial charge on any atom is 0.163 e. The number of piperidine rings is 1. The van der Waals surface area contributed by atoms with E-state index in [4.69, 9.17) is 0 Å². The molecule has 140 valence electrons. The van der Waals surface area contributed by atoms with E-state index in [9.17, 15) is 4.79 Å². The minimum Gasteiger partial charge on any atom is -0.307 e. The van der Waals surface area contributed by atoms with Gasteiger partial charge in [-0.15, -0.1) is 0 Å². The third kappa shape index (κ3) is 5.55. The smallest absolute Gasteiger partial charge is 0.163 e. The molecule has 2 aromatic carbocycles. The van der Waals surface area contributed by atoms with Crippen molar-refractivity contribution in [2.45, 2.75) is 58.0 Å². The molecule has 0 amide bonds. The van der Waals surface area contributed by atoms with E-state index in [1.165, 1.54) is 0 Å². The zero-order valence-electron chi connectivity index (χ0n) is 16.8. The fourth-order valence-electron chi connectivity index (χ4n) is 4.46. The predicted molar refractivity (Wildman–Crippen MR) is 112 cm³/mol. The Labute approximate surface area is 163 Å². The van der Waals surface area contributed by atoms with Gasteiger partial charge in [0.15, 0.2) is 5.78 Å². The standard InChI is InChI=1S/C25H29NO/c1-24(2)17-21(18-25(3,4)26-24)16-23(27)22-14-12-20(13-15-22)11-10-19-8-6-5-7-9-19/h5-9,12-15,21,26H,16-18H2,1-4H3. The van der Waals surface area contributed by atoms with Gasteiger partial charge in [0.05, 0.1) is 0 Å². The Morgan fingerprint density at radius 2 is 1.41 bits per heavy atom. The molecular formula is C25H29NO. The third-order valence-corrected chi connectivity index (χ3v) is 5.08. The molecule has 0 saturated carbocycles. The Kier molecular flexibility index (Phi) is 5.53. The van der Waals surface area contributed by atoms with Crippen LogP contribution >= 0.6 is 0 Å². The van der Waals surface area contributed by atoms with Crippen molar-refractivity contribution in [3.63, 3.8) is 0 Å². The number of Topliss-reactive ketones (excluding diaryl/α,β-unsaturated/α-hetero) is 1. The molecule has 2 heteroatoms. The summed E-state index contributed by atoms with van der Waals surface area (Å²) in [4.78, 5) is 12.8. The van der Waals surface area contributed by atoms with Crippen LogP contribution in [-0.4, -0.2) is 16.9 Å². The lowest BCUT2D eigenvalue weighted by molar-refractivity contribution is 0.0864.